The number of benzene rings is 7. The Morgan fingerprint density at radius 3 is 1.45 bits per heavy atom. The summed E-state index contributed by atoms with van der Waals surface area (Å²) in [6, 6.07) is 58.7. The van der Waals surface area contributed by atoms with E-state index in [4.69, 9.17) is 4.74 Å². The van der Waals surface area contributed by atoms with E-state index in [1.165, 1.54) is 0 Å². The molecule has 1 fully saturated rings. The average molecular weight is 733 g/mol. The molecule has 2 unspecified atom stereocenters. The molecule has 0 radical (unpaired) electrons. The summed E-state index contributed by atoms with van der Waals surface area (Å²) in [5.41, 5.74) is 9.78. The number of ether oxygens (including phenoxy) is 1. The summed E-state index contributed by atoms with van der Waals surface area (Å²) < 4.78 is 6.76. The Morgan fingerprint density at radius 1 is 0.482 bits per heavy atom. The van der Waals surface area contributed by atoms with E-state index in [1.54, 1.807) is 0 Å². The normalized spacial score (nSPS) is 17.3. The Kier molecular flexibility index (Phi) is 7.01. The summed E-state index contributed by atoms with van der Waals surface area (Å²) in [6.45, 7) is 0. The van der Waals surface area contributed by atoms with E-state index in [-0.39, 0.29) is 17.4 Å². The van der Waals surface area contributed by atoms with Crippen LogP contribution in [-0.4, -0.2) is 8.07 Å². The van der Waals surface area contributed by atoms with Gasteiger partial charge in [-0.3, -0.25) is 0 Å². The summed E-state index contributed by atoms with van der Waals surface area (Å²) in [7, 11) is -3.26. The van der Waals surface area contributed by atoms with Gasteiger partial charge in [-0.05, 0) is 109 Å². The maximum absolute atomic E-state index is 11.2. The lowest BCUT2D eigenvalue weighted by molar-refractivity contribution is 0.487. The Hall–Kier alpha value is -7.17. The quantitative estimate of drug-likeness (QED) is 0.169. The number of nitriles is 3. The number of hydrogen-bond acceptors (Lipinski definition) is 5. The van der Waals surface area contributed by atoms with Crippen LogP contribution in [0.3, 0.4) is 0 Å². The third-order valence-corrected chi connectivity index (χ3v) is 17.5. The van der Waals surface area contributed by atoms with Crippen LogP contribution in [-0.2, 0) is 0 Å². The highest BCUT2D eigenvalue weighted by Crippen LogP contribution is 2.58. The highest BCUT2D eigenvalue weighted by atomic mass is 28.3. The van der Waals surface area contributed by atoms with Crippen molar-refractivity contribution in [2.75, 3.05) is 4.90 Å². The van der Waals surface area contributed by atoms with Crippen LogP contribution in [0.4, 0.5) is 17.1 Å². The van der Waals surface area contributed by atoms with E-state index in [9.17, 15) is 15.8 Å². The molecule has 7 aromatic rings. The number of fused-ring (bicyclic) bond motifs is 13. The molecule has 2 bridgehead atoms. The molecule has 1 saturated carbocycles. The van der Waals surface area contributed by atoms with Gasteiger partial charge in [0, 0.05) is 11.4 Å². The molecule has 5 nitrogen and oxygen atoms in total. The van der Waals surface area contributed by atoms with Crippen molar-refractivity contribution >= 4 is 45.9 Å². The zero-order chi connectivity index (χ0) is 37.5. The lowest BCUT2D eigenvalue weighted by Crippen LogP contribution is -2.78. The van der Waals surface area contributed by atoms with Crippen LogP contribution < -0.4 is 30.4 Å². The summed E-state index contributed by atoms with van der Waals surface area (Å²) in [6.07, 6.45) is 2.89. The second kappa shape index (κ2) is 12.2. The van der Waals surface area contributed by atoms with E-state index in [2.05, 4.69) is 144 Å². The third-order valence-electron chi connectivity index (χ3n) is 12.7. The molecule has 6 heteroatoms. The van der Waals surface area contributed by atoms with Crippen LogP contribution >= 0.6 is 0 Å². The molecule has 0 saturated heterocycles. The standard InChI is InChI=1S/C50H32N4OSi/c51-28-37-38(29-52)50(39(30-53)49-36-20-19-35(25-36)48(37)49)54-40-23-21-33(31-11-3-1-4-12-31)26-46(40)56(47-27-34(22-24-41(47)54)32-13-5-2-6-14-32)44-17-9-7-15-42(44)55-43-16-8-10-18-45(43)56/h1-18,21-24,26-27,35-36H,19-20,25H2. The first kappa shape index (κ1) is 32.3. The Morgan fingerprint density at radius 2 is 0.946 bits per heavy atom. The number of para-hydroxylation sites is 2. The highest BCUT2D eigenvalue weighted by molar-refractivity contribution is 7.22. The van der Waals surface area contributed by atoms with Crippen LogP contribution in [0.5, 0.6) is 11.5 Å². The first-order chi connectivity index (χ1) is 27.6. The zero-order valence-corrected chi connectivity index (χ0v) is 31.3. The first-order valence-corrected chi connectivity index (χ1v) is 21.2. The first-order valence-electron chi connectivity index (χ1n) is 19.2. The van der Waals surface area contributed by atoms with Gasteiger partial charge in [-0.2, -0.15) is 15.8 Å². The maximum Gasteiger partial charge on any atom is 0.192 e. The third kappa shape index (κ3) is 4.27. The van der Waals surface area contributed by atoms with Gasteiger partial charge in [-0.25, -0.2) is 0 Å². The fraction of sp³-hybridized carbons (Fsp3) is 0.100. The van der Waals surface area contributed by atoms with Crippen molar-refractivity contribution in [3.63, 3.8) is 0 Å². The number of rotatable bonds is 3. The van der Waals surface area contributed by atoms with Gasteiger partial charge < -0.3 is 9.64 Å². The van der Waals surface area contributed by atoms with Gasteiger partial charge in [0.25, 0.3) is 0 Å². The predicted molar refractivity (Wildman–Crippen MR) is 223 cm³/mol. The van der Waals surface area contributed by atoms with Crippen molar-refractivity contribution in [1.82, 2.24) is 0 Å². The van der Waals surface area contributed by atoms with Crippen LogP contribution in [0.15, 0.2) is 146 Å². The van der Waals surface area contributed by atoms with E-state index < -0.39 is 8.07 Å². The molecule has 11 rings (SSSR count). The number of hydrogen-bond donors (Lipinski definition) is 0. The number of anilines is 3. The molecule has 0 amide bonds. The van der Waals surface area contributed by atoms with Crippen LogP contribution in [0.2, 0.25) is 0 Å². The molecular weight excluding hydrogens is 701 g/mol. The maximum atomic E-state index is 11.2. The van der Waals surface area contributed by atoms with E-state index in [0.29, 0.717) is 16.8 Å². The smallest absolute Gasteiger partial charge is 0.192 e. The molecule has 1 spiro atoms. The SMILES string of the molecule is N#Cc1c(C#N)c(N2c3ccc(-c4ccccc4)cc3[Si]3(c4ccccc4Oc4ccccc43)c3cc(-c4ccccc4)ccc32)c(C#N)c2c1C1CCC2C1. The van der Waals surface area contributed by atoms with Crippen molar-refractivity contribution in [3.8, 4) is 52.0 Å². The zero-order valence-electron chi connectivity index (χ0n) is 30.3. The summed E-state index contributed by atoms with van der Waals surface area (Å²) in [4.78, 5) is 2.16. The van der Waals surface area contributed by atoms with E-state index in [1.807, 2.05) is 24.3 Å². The summed E-state index contributed by atoms with van der Waals surface area (Å²) >= 11 is 0. The summed E-state index contributed by atoms with van der Waals surface area (Å²) in [5.74, 6) is 2.05. The van der Waals surface area contributed by atoms with Crippen LogP contribution in [0.1, 0.15) is 58.9 Å². The molecular formula is C50H32N4OSi. The largest absolute Gasteiger partial charge is 0.458 e. The van der Waals surface area contributed by atoms with Crippen molar-refractivity contribution in [2.24, 2.45) is 0 Å². The van der Waals surface area contributed by atoms with Gasteiger partial charge in [0.05, 0.1) is 22.4 Å². The lowest BCUT2D eigenvalue weighted by atomic mass is 9.82. The summed E-state index contributed by atoms with van der Waals surface area (Å²) in [5, 5.41) is 37.8. The van der Waals surface area contributed by atoms with Gasteiger partial charge in [-0.15, -0.1) is 0 Å². The Labute approximate surface area is 326 Å². The minimum absolute atomic E-state index is 0.197. The van der Waals surface area contributed by atoms with Gasteiger partial charge in [-0.1, -0.05) is 121 Å². The van der Waals surface area contributed by atoms with Gasteiger partial charge in [0.1, 0.15) is 29.7 Å². The molecule has 262 valence electrons. The topological polar surface area (TPSA) is 83.8 Å². The molecule has 56 heavy (non-hydrogen) atoms. The van der Waals surface area contributed by atoms with Crippen LogP contribution in [0, 0.1) is 34.0 Å². The Bertz CT molecular complexity index is 2800. The van der Waals surface area contributed by atoms with Crippen molar-refractivity contribution < 1.29 is 4.74 Å². The molecule has 2 aliphatic carbocycles. The average Bonchev–Trinajstić information content (AvgIpc) is 3.89. The fourth-order valence-electron chi connectivity index (χ4n) is 10.5. The molecule has 0 N–H and O–H groups in total. The highest BCUT2D eigenvalue weighted by Gasteiger charge is 2.55. The van der Waals surface area contributed by atoms with E-state index in [0.717, 1.165) is 96.3 Å². The molecule has 2 atom stereocenters. The van der Waals surface area contributed by atoms with Crippen molar-refractivity contribution in [2.45, 2.75) is 31.1 Å². The Balaban J connectivity index is 1.34. The fourth-order valence-corrected chi connectivity index (χ4v) is 15.8. The van der Waals surface area contributed by atoms with Crippen molar-refractivity contribution in [1.29, 1.82) is 15.8 Å². The van der Waals surface area contributed by atoms with Crippen molar-refractivity contribution in [3.05, 3.63) is 173 Å². The molecule has 4 aliphatic rings. The lowest BCUT2D eigenvalue weighted by Gasteiger charge is -2.48. The van der Waals surface area contributed by atoms with E-state index >= 15 is 0 Å². The van der Waals surface area contributed by atoms with Gasteiger partial charge in [0.15, 0.2) is 8.07 Å². The minimum Gasteiger partial charge on any atom is -0.458 e. The molecule has 7 aromatic carbocycles. The second-order valence-corrected chi connectivity index (χ2v) is 18.9. The van der Waals surface area contributed by atoms with Gasteiger partial charge >= 0.3 is 0 Å². The minimum atomic E-state index is -3.26. The molecule has 2 heterocycles. The monoisotopic (exact) mass is 732 g/mol. The number of nitrogens with zero attached hydrogens (tertiary/aromatic N) is 4. The second-order valence-electron chi connectivity index (χ2n) is 15.2. The predicted octanol–water partition coefficient (Wildman–Crippen LogP) is 9.27. The van der Waals surface area contributed by atoms with Crippen LogP contribution in [0.25, 0.3) is 22.3 Å². The van der Waals surface area contributed by atoms with Gasteiger partial charge in [0.2, 0.25) is 0 Å². The molecule has 0 aromatic heterocycles. The molecule has 2 aliphatic heterocycles.